The maximum atomic E-state index is 12.8. The zero-order valence-corrected chi connectivity index (χ0v) is 15.8. The van der Waals surface area contributed by atoms with Crippen LogP contribution >= 0.6 is 0 Å². The molecule has 0 atom stereocenters. The fraction of sp³-hybridized carbons (Fsp3) is 0.143. The van der Waals surface area contributed by atoms with Crippen LogP contribution in [0.1, 0.15) is 0 Å². The number of methoxy groups -OCH3 is 1. The van der Waals surface area contributed by atoms with Crippen LogP contribution in [0.25, 0.3) is 0 Å². The summed E-state index contributed by atoms with van der Waals surface area (Å²) in [5.74, 6) is -2.04. The molecule has 0 radical (unpaired) electrons. The summed E-state index contributed by atoms with van der Waals surface area (Å²) >= 11 is 0. The molecule has 5 amide bonds. The number of carbonyl (C=O) groups excluding carboxylic acids is 4. The van der Waals surface area contributed by atoms with Gasteiger partial charge in [0.05, 0.1) is 12.8 Å². The minimum absolute atomic E-state index is 0.190. The van der Waals surface area contributed by atoms with E-state index in [-0.39, 0.29) is 12.2 Å². The van der Waals surface area contributed by atoms with Gasteiger partial charge in [-0.15, -0.1) is 6.58 Å². The molecule has 0 bridgehead atoms. The molecule has 8 heteroatoms. The summed E-state index contributed by atoms with van der Waals surface area (Å²) in [4.78, 5) is 53.0. The molecule has 0 unspecified atom stereocenters. The summed E-state index contributed by atoms with van der Waals surface area (Å²) in [5.41, 5.74) is 0.810. The first-order chi connectivity index (χ1) is 14.0. The lowest BCUT2D eigenvalue weighted by Crippen LogP contribution is -2.43. The number of imide groups is 2. The Kier molecular flexibility index (Phi) is 5.73. The van der Waals surface area contributed by atoms with Gasteiger partial charge in [0.25, 0.3) is 0 Å². The van der Waals surface area contributed by atoms with Crippen LogP contribution in [0.15, 0.2) is 67.3 Å². The van der Waals surface area contributed by atoms with Gasteiger partial charge in [0.2, 0.25) is 5.91 Å². The summed E-state index contributed by atoms with van der Waals surface area (Å²) in [6.45, 7) is 3.27. The van der Waals surface area contributed by atoms with Crippen molar-refractivity contribution in [2.24, 2.45) is 0 Å². The van der Waals surface area contributed by atoms with E-state index in [0.29, 0.717) is 16.3 Å². The number of hydrogen-bond acceptors (Lipinski definition) is 5. The largest absolute Gasteiger partial charge is 0.497 e. The molecule has 1 aliphatic heterocycles. The second-order valence-electron chi connectivity index (χ2n) is 6.14. The molecule has 148 valence electrons. The monoisotopic (exact) mass is 393 g/mol. The van der Waals surface area contributed by atoms with Crippen molar-refractivity contribution in [3.8, 4) is 5.75 Å². The Hall–Kier alpha value is -3.94. The molecule has 29 heavy (non-hydrogen) atoms. The number of rotatable bonds is 7. The fourth-order valence-electron chi connectivity index (χ4n) is 2.91. The van der Waals surface area contributed by atoms with Crippen LogP contribution in [0, 0.1) is 0 Å². The highest BCUT2D eigenvalue weighted by atomic mass is 16.5. The van der Waals surface area contributed by atoms with Crippen LogP contribution < -0.4 is 14.5 Å². The number of ether oxygens (including phenoxy) is 1. The number of benzene rings is 2. The Bertz CT molecular complexity index is 956. The maximum absolute atomic E-state index is 12.8. The smallest absolute Gasteiger partial charge is 0.339 e. The van der Waals surface area contributed by atoms with Gasteiger partial charge in [-0.2, -0.15) is 0 Å². The van der Waals surface area contributed by atoms with Crippen LogP contribution in [0.5, 0.6) is 5.75 Å². The standard InChI is InChI=1S/C21H19N3O5/c1-3-13-22(15-7-5-4-6-8-15)18(25)14-23-19(26)20(27)24(21(23)28)16-9-11-17(29-2)12-10-16/h3-12H,1,13-14H2,2H3. The Balaban J connectivity index is 1.82. The zero-order valence-electron chi connectivity index (χ0n) is 15.8. The summed E-state index contributed by atoms with van der Waals surface area (Å²) in [5, 5.41) is 0. The van der Waals surface area contributed by atoms with Crippen LogP contribution in [0.2, 0.25) is 0 Å². The third-order valence-electron chi connectivity index (χ3n) is 4.36. The molecule has 8 nitrogen and oxygen atoms in total. The number of amides is 5. The van der Waals surface area contributed by atoms with Crippen LogP contribution in [0.3, 0.4) is 0 Å². The number of anilines is 2. The fourth-order valence-corrected chi connectivity index (χ4v) is 2.91. The highest BCUT2D eigenvalue weighted by Crippen LogP contribution is 2.25. The molecule has 1 aliphatic rings. The van der Waals surface area contributed by atoms with Gasteiger partial charge in [-0.25, -0.2) is 14.6 Å². The quantitative estimate of drug-likeness (QED) is 0.409. The topological polar surface area (TPSA) is 87.2 Å². The number of nitrogens with zero attached hydrogens (tertiary/aromatic N) is 3. The van der Waals surface area contributed by atoms with Gasteiger partial charge >= 0.3 is 17.8 Å². The van der Waals surface area contributed by atoms with Crippen LogP contribution in [-0.4, -0.2) is 48.9 Å². The van der Waals surface area contributed by atoms with Gasteiger partial charge in [0.15, 0.2) is 0 Å². The minimum atomic E-state index is -1.05. The molecule has 2 aromatic rings. The van der Waals surface area contributed by atoms with E-state index in [1.807, 2.05) is 0 Å². The normalized spacial score (nSPS) is 13.6. The van der Waals surface area contributed by atoms with Crippen molar-refractivity contribution in [3.05, 3.63) is 67.3 Å². The van der Waals surface area contributed by atoms with Gasteiger partial charge in [0, 0.05) is 12.2 Å². The minimum Gasteiger partial charge on any atom is -0.497 e. The van der Waals surface area contributed by atoms with Crippen molar-refractivity contribution >= 4 is 35.1 Å². The highest BCUT2D eigenvalue weighted by molar-refractivity contribution is 6.53. The lowest BCUT2D eigenvalue weighted by molar-refractivity contribution is -0.140. The average Bonchev–Trinajstić information content (AvgIpc) is 2.95. The van der Waals surface area contributed by atoms with E-state index in [1.165, 1.54) is 30.2 Å². The molecule has 0 N–H and O–H groups in total. The van der Waals surface area contributed by atoms with Crippen molar-refractivity contribution in [1.29, 1.82) is 0 Å². The first kappa shape index (κ1) is 19.8. The van der Waals surface area contributed by atoms with Gasteiger partial charge in [-0.3, -0.25) is 14.4 Å². The van der Waals surface area contributed by atoms with Crippen molar-refractivity contribution in [1.82, 2.24) is 4.90 Å². The summed E-state index contributed by atoms with van der Waals surface area (Å²) in [6.07, 6.45) is 1.54. The Morgan fingerprint density at radius 1 is 1.03 bits per heavy atom. The Morgan fingerprint density at radius 2 is 1.69 bits per heavy atom. The number of urea groups is 1. The third-order valence-corrected chi connectivity index (χ3v) is 4.36. The van der Waals surface area contributed by atoms with E-state index in [4.69, 9.17) is 4.74 Å². The van der Waals surface area contributed by atoms with E-state index in [2.05, 4.69) is 6.58 Å². The SMILES string of the molecule is C=CCN(C(=O)CN1C(=O)C(=O)N(c2ccc(OC)cc2)C1=O)c1ccccc1. The second-order valence-corrected chi connectivity index (χ2v) is 6.14. The molecule has 1 saturated heterocycles. The number of para-hydroxylation sites is 1. The Morgan fingerprint density at radius 3 is 2.28 bits per heavy atom. The van der Waals surface area contributed by atoms with Crippen molar-refractivity contribution in [3.63, 3.8) is 0 Å². The molecule has 0 aromatic heterocycles. The molecule has 3 rings (SSSR count). The molecular weight excluding hydrogens is 374 g/mol. The maximum Gasteiger partial charge on any atom is 0.339 e. The van der Waals surface area contributed by atoms with E-state index in [1.54, 1.807) is 42.5 Å². The van der Waals surface area contributed by atoms with Gasteiger partial charge in [0.1, 0.15) is 12.3 Å². The van der Waals surface area contributed by atoms with E-state index >= 15 is 0 Å². The Labute approximate surface area is 167 Å². The van der Waals surface area contributed by atoms with Gasteiger partial charge < -0.3 is 9.64 Å². The molecular formula is C21H19N3O5. The predicted molar refractivity (Wildman–Crippen MR) is 107 cm³/mol. The van der Waals surface area contributed by atoms with E-state index < -0.39 is 30.3 Å². The molecule has 0 saturated carbocycles. The van der Waals surface area contributed by atoms with Crippen LogP contribution in [0.4, 0.5) is 16.2 Å². The number of hydrogen-bond donors (Lipinski definition) is 0. The summed E-state index contributed by atoms with van der Waals surface area (Å²) < 4.78 is 5.05. The van der Waals surface area contributed by atoms with Gasteiger partial charge in [-0.05, 0) is 36.4 Å². The van der Waals surface area contributed by atoms with Crippen LogP contribution in [-0.2, 0) is 14.4 Å². The molecule has 1 heterocycles. The first-order valence-corrected chi connectivity index (χ1v) is 8.78. The molecule has 0 aliphatic carbocycles. The third kappa shape index (κ3) is 3.86. The lowest BCUT2D eigenvalue weighted by atomic mass is 10.2. The first-order valence-electron chi connectivity index (χ1n) is 8.78. The molecule has 1 fully saturated rings. The van der Waals surface area contributed by atoms with Crippen molar-refractivity contribution in [2.75, 3.05) is 30.0 Å². The van der Waals surface area contributed by atoms with Gasteiger partial charge in [-0.1, -0.05) is 24.3 Å². The number of carbonyl (C=O) groups is 4. The van der Waals surface area contributed by atoms with E-state index in [0.717, 1.165) is 4.90 Å². The molecule has 2 aromatic carbocycles. The summed E-state index contributed by atoms with van der Waals surface area (Å²) in [6, 6.07) is 14.0. The zero-order chi connectivity index (χ0) is 21.0. The molecule has 0 spiro atoms. The van der Waals surface area contributed by atoms with Crippen molar-refractivity contribution < 1.29 is 23.9 Å². The second kappa shape index (κ2) is 8.39. The van der Waals surface area contributed by atoms with E-state index in [9.17, 15) is 19.2 Å². The predicted octanol–water partition coefficient (Wildman–Crippen LogP) is 2.21. The lowest BCUT2D eigenvalue weighted by Gasteiger charge is -2.23. The highest BCUT2D eigenvalue weighted by Gasteiger charge is 2.46. The average molecular weight is 393 g/mol. The van der Waals surface area contributed by atoms with Crippen molar-refractivity contribution in [2.45, 2.75) is 0 Å². The summed E-state index contributed by atoms with van der Waals surface area (Å²) in [7, 11) is 1.49.